The van der Waals surface area contributed by atoms with Crippen molar-refractivity contribution in [1.29, 1.82) is 0 Å². The third-order valence-electron chi connectivity index (χ3n) is 2.78. The zero-order chi connectivity index (χ0) is 15.2. The fourth-order valence-electron chi connectivity index (χ4n) is 1.72. The number of hydrogen-bond acceptors (Lipinski definition) is 4. The zero-order valence-electron chi connectivity index (χ0n) is 11.8. The number of hydrogen-bond donors (Lipinski definition) is 1. The molecule has 4 nitrogen and oxygen atoms in total. The third-order valence-corrected chi connectivity index (χ3v) is 3.34. The van der Waals surface area contributed by atoms with Crippen LogP contribution >= 0.6 is 23.2 Å². The molecule has 0 fully saturated rings. The van der Waals surface area contributed by atoms with Gasteiger partial charge in [-0.15, -0.1) is 0 Å². The van der Waals surface area contributed by atoms with E-state index in [0.29, 0.717) is 34.9 Å². The number of nitrogens with zero attached hydrogens (tertiary/aromatic N) is 1. The average Bonchev–Trinajstić information content (AvgIpc) is 2.49. The monoisotopic (exact) mass is 326 g/mol. The highest BCUT2D eigenvalue weighted by molar-refractivity contribution is 6.36. The van der Waals surface area contributed by atoms with Crippen molar-refractivity contribution in [2.75, 3.05) is 19.0 Å². The maximum Gasteiger partial charge on any atom is 0.234 e. The summed E-state index contributed by atoms with van der Waals surface area (Å²) in [5.41, 5.74) is 0.994. The van der Waals surface area contributed by atoms with E-state index in [2.05, 4.69) is 10.3 Å². The maximum atomic E-state index is 6.10. The van der Waals surface area contributed by atoms with Gasteiger partial charge in [0, 0.05) is 6.54 Å². The Bertz CT molecular complexity index is 603. The van der Waals surface area contributed by atoms with Crippen molar-refractivity contribution in [1.82, 2.24) is 4.98 Å². The van der Waals surface area contributed by atoms with Crippen LogP contribution in [-0.4, -0.2) is 18.6 Å². The van der Waals surface area contributed by atoms with Gasteiger partial charge in [0.2, 0.25) is 5.88 Å². The summed E-state index contributed by atoms with van der Waals surface area (Å²) in [4.78, 5) is 4.29. The molecule has 1 N–H and O–H groups in total. The predicted molar refractivity (Wildman–Crippen MR) is 85.7 cm³/mol. The number of pyridine rings is 1. The van der Waals surface area contributed by atoms with Crippen LogP contribution in [0, 0.1) is 0 Å². The first-order valence-corrected chi connectivity index (χ1v) is 7.25. The lowest BCUT2D eigenvalue weighted by Gasteiger charge is -2.11. The molecular weight excluding hydrogens is 311 g/mol. The second kappa shape index (κ2) is 7.38. The molecule has 1 heterocycles. The quantitative estimate of drug-likeness (QED) is 0.853. The molecule has 1 aromatic heterocycles. The van der Waals surface area contributed by atoms with Crippen molar-refractivity contribution < 1.29 is 9.47 Å². The van der Waals surface area contributed by atoms with Gasteiger partial charge in [0.25, 0.3) is 0 Å². The number of halogens is 2. The highest BCUT2D eigenvalue weighted by Crippen LogP contribution is 2.31. The summed E-state index contributed by atoms with van der Waals surface area (Å²) in [6.07, 6.45) is 0. The van der Waals surface area contributed by atoms with Gasteiger partial charge in [-0.3, -0.25) is 0 Å². The van der Waals surface area contributed by atoms with Crippen LogP contribution in [0.4, 0.5) is 5.82 Å². The topological polar surface area (TPSA) is 43.4 Å². The molecule has 0 radical (unpaired) electrons. The van der Waals surface area contributed by atoms with Crippen LogP contribution in [0.1, 0.15) is 12.5 Å². The van der Waals surface area contributed by atoms with Crippen LogP contribution < -0.4 is 14.8 Å². The van der Waals surface area contributed by atoms with E-state index < -0.39 is 0 Å². The molecule has 1 aromatic carbocycles. The van der Waals surface area contributed by atoms with Gasteiger partial charge in [-0.25, -0.2) is 0 Å². The van der Waals surface area contributed by atoms with Crippen molar-refractivity contribution >= 4 is 29.0 Å². The molecular formula is C15H16Cl2N2O2. The SMILES string of the molecule is CCNc1nc(OCc2ccc(OC)cc2)c(Cl)cc1Cl. The number of rotatable bonds is 6. The minimum Gasteiger partial charge on any atom is -0.497 e. The maximum absolute atomic E-state index is 6.10. The van der Waals surface area contributed by atoms with E-state index in [1.54, 1.807) is 13.2 Å². The van der Waals surface area contributed by atoms with Crippen LogP contribution in [0.3, 0.4) is 0 Å². The fraction of sp³-hybridized carbons (Fsp3) is 0.267. The van der Waals surface area contributed by atoms with E-state index in [1.165, 1.54) is 0 Å². The standard InChI is InChI=1S/C15H16Cl2N2O2/c1-3-18-14-12(16)8-13(17)15(19-14)21-9-10-4-6-11(20-2)7-5-10/h4-8H,3,9H2,1-2H3,(H,18,19). The lowest BCUT2D eigenvalue weighted by Crippen LogP contribution is -2.03. The Morgan fingerprint density at radius 1 is 1.14 bits per heavy atom. The van der Waals surface area contributed by atoms with Crippen LogP contribution in [0.2, 0.25) is 10.0 Å². The summed E-state index contributed by atoms with van der Waals surface area (Å²) in [6, 6.07) is 9.22. The fourth-order valence-corrected chi connectivity index (χ4v) is 2.20. The molecule has 0 aliphatic rings. The van der Waals surface area contributed by atoms with E-state index in [-0.39, 0.29) is 0 Å². The highest BCUT2D eigenvalue weighted by Gasteiger charge is 2.10. The van der Waals surface area contributed by atoms with Crippen molar-refractivity contribution in [2.45, 2.75) is 13.5 Å². The predicted octanol–water partition coefficient (Wildman–Crippen LogP) is 4.41. The summed E-state index contributed by atoms with van der Waals surface area (Å²) in [7, 11) is 1.63. The molecule has 0 unspecified atom stereocenters. The van der Waals surface area contributed by atoms with E-state index in [1.807, 2.05) is 31.2 Å². The first-order chi connectivity index (χ1) is 10.1. The third kappa shape index (κ3) is 4.16. The smallest absolute Gasteiger partial charge is 0.234 e. The van der Waals surface area contributed by atoms with Crippen molar-refractivity contribution in [3.05, 3.63) is 45.9 Å². The molecule has 0 saturated heterocycles. The normalized spacial score (nSPS) is 10.3. The van der Waals surface area contributed by atoms with E-state index in [4.69, 9.17) is 32.7 Å². The van der Waals surface area contributed by atoms with Crippen LogP contribution in [-0.2, 0) is 6.61 Å². The summed E-state index contributed by atoms with van der Waals surface area (Å²) in [5.74, 6) is 1.72. The van der Waals surface area contributed by atoms with Gasteiger partial charge in [0.1, 0.15) is 23.2 Å². The highest BCUT2D eigenvalue weighted by atomic mass is 35.5. The zero-order valence-corrected chi connectivity index (χ0v) is 13.3. The Hall–Kier alpha value is -1.65. The van der Waals surface area contributed by atoms with Crippen molar-refractivity contribution in [3.8, 4) is 11.6 Å². The van der Waals surface area contributed by atoms with Gasteiger partial charge in [0.05, 0.1) is 12.1 Å². The van der Waals surface area contributed by atoms with Crippen LogP contribution in [0.5, 0.6) is 11.6 Å². The van der Waals surface area contributed by atoms with Crippen LogP contribution in [0.25, 0.3) is 0 Å². The first-order valence-electron chi connectivity index (χ1n) is 6.49. The van der Waals surface area contributed by atoms with E-state index >= 15 is 0 Å². The molecule has 0 aliphatic carbocycles. The summed E-state index contributed by atoms with van der Waals surface area (Å²) < 4.78 is 10.8. The number of aromatic nitrogens is 1. The van der Waals surface area contributed by atoms with Gasteiger partial charge < -0.3 is 14.8 Å². The summed E-state index contributed by atoms with van der Waals surface area (Å²) in [5, 5.41) is 3.91. The van der Waals surface area contributed by atoms with Gasteiger partial charge in [-0.1, -0.05) is 35.3 Å². The number of methoxy groups -OCH3 is 1. The second-order valence-corrected chi connectivity index (χ2v) is 5.09. The number of benzene rings is 1. The largest absolute Gasteiger partial charge is 0.497 e. The Labute approximate surface area is 134 Å². The molecule has 0 amide bonds. The van der Waals surface area contributed by atoms with Gasteiger partial charge in [-0.05, 0) is 30.7 Å². The Balaban J connectivity index is 2.09. The molecule has 6 heteroatoms. The molecule has 0 aliphatic heterocycles. The first kappa shape index (κ1) is 15.7. The Morgan fingerprint density at radius 2 is 1.86 bits per heavy atom. The van der Waals surface area contributed by atoms with Crippen LogP contribution in [0.15, 0.2) is 30.3 Å². The molecule has 2 rings (SSSR count). The van der Waals surface area contributed by atoms with Gasteiger partial charge in [0.15, 0.2) is 0 Å². The molecule has 0 saturated carbocycles. The lowest BCUT2D eigenvalue weighted by atomic mass is 10.2. The Kier molecular flexibility index (Phi) is 5.53. The molecule has 112 valence electrons. The molecule has 0 spiro atoms. The molecule has 0 bridgehead atoms. The van der Waals surface area contributed by atoms with Gasteiger partial charge in [-0.2, -0.15) is 4.98 Å². The van der Waals surface area contributed by atoms with E-state index in [9.17, 15) is 0 Å². The summed E-state index contributed by atoms with van der Waals surface area (Å²) >= 11 is 12.1. The molecule has 0 atom stereocenters. The van der Waals surface area contributed by atoms with Crippen molar-refractivity contribution in [3.63, 3.8) is 0 Å². The van der Waals surface area contributed by atoms with Gasteiger partial charge >= 0.3 is 0 Å². The minimum absolute atomic E-state index is 0.354. The molecule has 2 aromatic rings. The van der Waals surface area contributed by atoms with Crippen molar-refractivity contribution in [2.24, 2.45) is 0 Å². The average molecular weight is 327 g/mol. The number of anilines is 1. The Morgan fingerprint density at radius 3 is 2.48 bits per heavy atom. The second-order valence-electron chi connectivity index (χ2n) is 4.27. The van der Waals surface area contributed by atoms with E-state index in [0.717, 1.165) is 11.3 Å². The lowest BCUT2D eigenvalue weighted by molar-refractivity contribution is 0.294. The number of nitrogens with one attached hydrogen (secondary N) is 1. The minimum atomic E-state index is 0.354. The number of ether oxygens (including phenoxy) is 2. The molecule has 21 heavy (non-hydrogen) atoms. The summed E-state index contributed by atoms with van der Waals surface area (Å²) in [6.45, 7) is 3.04.